The van der Waals surface area contributed by atoms with Gasteiger partial charge in [-0.3, -0.25) is 0 Å². The molecule has 0 amide bonds. The molecule has 74 heavy (non-hydrogen) atoms. The molecule has 10 rings (SSSR count). The highest BCUT2D eigenvalue weighted by atomic mass is 32.1. The van der Waals surface area contributed by atoms with Crippen molar-refractivity contribution in [3.05, 3.63) is 177 Å². The summed E-state index contributed by atoms with van der Waals surface area (Å²) in [5.74, 6) is 2.34. The summed E-state index contributed by atoms with van der Waals surface area (Å²) in [4.78, 5) is 10.5. The number of aromatic nitrogens is 4. The van der Waals surface area contributed by atoms with Gasteiger partial charge in [0.2, 0.25) is 0 Å². The van der Waals surface area contributed by atoms with Crippen molar-refractivity contribution >= 4 is 89.6 Å². The van der Waals surface area contributed by atoms with Gasteiger partial charge in [-0.15, -0.1) is 22.7 Å². The number of rotatable bonds is 16. The SMILES string of the molecule is CCC(C)COc1ccc(-c2c3/c(=C(\C#N)c4nc5cc(C)ccc5s4)n(B(c4ccccc4)c4ccccc4)c(-c4ccc(OCC(C)CC)cc4)c3/c(=C(\C#N)c3nc4cc(C)ccc4s3)n2B(C)C)cc1. The van der Waals surface area contributed by atoms with Gasteiger partial charge in [0, 0.05) is 22.2 Å². The van der Waals surface area contributed by atoms with Crippen molar-refractivity contribution in [3.63, 3.8) is 0 Å². The smallest absolute Gasteiger partial charge is 0.328 e. The number of nitrogens with zero attached hydrogens (tertiary/aromatic N) is 6. The lowest BCUT2D eigenvalue weighted by Crippen LogP contribution is -2.53. The van der Waals surface area contributed by atoms with Crippen LogP contribution in [0.3, 0.4) is 0 Å². The highest BCUT2D eigenvalue weighted by Gasteiger charge is 2.35. The second-order valence-electron chi connectivity index (χ2n) is 19.9. The minimum Gasteiger partial charge on any atom is -0.493 e. The molecule has 0 bridgehead atoms. The van der Waals surface area contributed by atoms with E-state index < -0.39 is 6.85 Å². The van der Waals surface area contributed by atoms with E-state index in [0.717, 1.165) is 105 Å². The molecule has 4 aromatic heterocycles. The van der Waals surface area contributed by atoms with Crippen LogP contribution in [0.25, 0.3) is 64.9 Å². The van der Waals surface area contributed by atoms with Crippen molar-refractivity contribution in [2.45, 2.75) is 68.0 Å². The molecule has 0 N–H and O–H groups in total. The largest absolute Gasteiger partial charge is 0.493 e. The van der Waals surface area contributed by atoms with Crippen molar-refractivity contribution in [2.24, 2.45) is 11.8 Å². The van der Waals surface area contributed by atoms with E-state index in [0.29, 0.717) is 51.6 Å². The fourth-order valence-electron chi connectivity index (χ4n) is 9.82. The fraction of sp³-hybridized carbons (Fsp3) is 0.226. The number of thiazole rings is 2. The molecule has 0 aliphatic rings. The van der Waals surface area contributed by atoms with Crippen LogP contribution in [0.4, 0.5) is 0 Å². The Morgan fingerprint density at radius 1 is 0.568 bits per heavy atom. The molecule has 2 unspecified atom stereocenters. The van der Waals surface area contributed by atoms with Crippen LogP contribution in [0.15, 0.2) is 146 Å². The minimum absolute atomic E-state index is 0.172. The molecule has 4 heterocycles. The van der Waals surface area contributed by atoms with Gasteiger partial charge in [-0.1, -0.05) is 138 Å². The third-order valence-electron chi connectivity index (χ3n) is 14.1. The lowest BCUT2D eigenvalue weighted by molar-refractivity contribution is 0.256. The van der Waals surface area contributed by atoms with Crippen LogP contribution in [-0.2, 0) is 0 Å². The fourth-order valence-corrected chi connectivity index (χ4v) is 11.7. The Balaban J connectivity index is 1.48. The molecule has 8 nitrogen and oxygen atoms in total. The third kappa shape index (κ3) is 9.57. The van der Waals surface area contributed by atoms with E-state index in [9.17, 15) is 10.5 Å². The number of nitriles is 2. The first-order valence-corrected chi connectivity index (χ1v) is 27.3. The van der Waals surface area contributed by atoms with Gasteiger partial charge in [0.15, 0.2) is 0 Å². The van der Waals surface area contributed by atoms with Crippen molar-refractivity contribution in [1.29, 1.82) is 10.5 Å². The standard InChI is InChI=1S/C62H58B2N6O2S2/c1-9-39(3)37-71-47-27-23-43(24-28-47)57-55-56(59(69(57)63(7)8)49(35-65)61-67-51-33-41(5)21-31-53(51)73-61)58(44-25-29-48(30-26-44)72-38-40(4)10-2)70(64(45-17-13-11-14-18-45)46-19-15-12-16-20-46)60(55)50(36-66)62-68-52-34-42(6)22-32-54(52)74-62/h11-34,39-40H,9-10,37-38H2,1-8H3/b59-49-,60-50-. The quantitative estimate of drug-likeness (QED) is 0.0894. The Morgan fingerprint density at radius 2 is 0.973 bits per heavy atom. The van der Waals surface area contributed by atoms with Crippen LogP contribution in [0.1, 0.15) is 61.7 Å². The summed E-state index contributed by atoms with van der Waals surface area (Å²) < 4.78 is 19.5. The van der Waals surface area contributed by atoms with E-state index in [1.54, 1.807) is 0 Å². The second-order valence-corrected chi connectivity index (χ2v) is 21.9. The van der Waals surface area contributed by atoms with Crippen LogP contribution in [0.5, 0.6) is 11.5 Å². The van der Waals surface area contributed by atoms with Crippen LogP contribution in [0.2, 0.25) is 13.6 Å². The lowest BCUT2D eigenvalue weighted by atomic mass is 9.50. The summed E-state index contributed by atoms with van der Waals surface area (Å²) in [6.45, 7) is 17.8. The molecular formula is C62H58B2N6O2S2. The maximum absolute atomic E-state index is 12.1. The third-order valence-corrected chi connectivity index (χ3v) is 16.2. The van der Waals surface area contributed by atoms with E-state index in [2.05, 4.69) is 185 Å². The van der Waals surface area contributed by atoms with Crippen LogP contribution in [-0.4, -0.2) is 45.8 Å². The number of benzene rings is 6. The highest BCUT2D eigenvalue weighted by Crippen LogP contribution is 2.39. The Labute approximate surface area is 442 Å². The summed E-state index contributed by atoms with van der Waals surface area (Å²) in [5, 5.41) is 28.3. The molecule has 0 radical (unpaired) electrons. The van der Waals surface area contributed by atoms with Gasteiger partial charge in [0.25, 0.3) is 6.85 Å². The van der Waals surface area contributed by atoms with Gasteiger partial charge in [-0.25, -0.2) is 9.97 Å². The van der Waals surface area contributed by atoms with Crippen molar-refractivity contribution in [3.8, 4) is 46.2 Å². The molecular weight excluding hydrogens is 946 g/mol. The van der Waals surface area contributed by atoms with Gasteiger partial charge < -0.3 is 18.4 Å². The van der Waals surface area contributed by atoms with E-state index in [1.807, 2.05) is 36.4 Å². The maximum atomic E-state index is 12.1. The lowest BCUT2D eigenvalue weighted by Gasteiger charge is -2.23. The molecule has 0 aliphatic carbocycles. The first-order valence-electron chi connectivity index (χ1n) is 25.7. The zero-order chi connectivity index (χ0) is 51.6. The second kappa shape index (κ2) is 21.5. The number of hydrogen-bond acceptors (Lipinski definition) is 8. The molecule has 0 saturated carbocycles. The maximum Gasteiger partial charge on any atom is 0.328 e. The summed E-state index contributed by atoms with van der Waals surface area (Å²) in [6.07, 6.45) is 2.03. The molecule has 0 saturated heterocycles. The number of ether oxygens (including phenoxy) is 2. The number of hydrogen-bond donors (Lipinski definition) is 0. The minimum atomic E-state index is -0.461. The monoisotopic (exact) mass is 1000 g/mol. The number of fused-ring (bicyclic) bond motifs is 3. The summed E-state index contributed by atoms with van der Waals surface area (Å²) in [7, 11) is 0. The zero-order valence-electron chi connectivity index (χ0n) is 43.3. The predicted molar refractivity (Wildman–Crippen MR) is 311 cm³/mol. The first-order chi connectivity index (χ1) is 36.0. The van der Waals surface area contributed by atoms with Crippen molar-refractivity contribution < 1.29 is 9.47 Å². The van der Waals surface area contributed by atoms with E-state index in [1.165, 1.54) is 22.7 Å². The Morgan fingerprint density at radius 3 is 1.36 bits per heavy atom. The molecule has 0 fully saturated rings. The summed E-state index contributed by atoms with van der Waals surface area (Å²) >= 11 is 3.05. The molecule has 10 aromatic rings. The van der Waals surface area contributed by atoms with Crippen LogP contribution >= 0.6 is 22.7 Å². The molecule has 366 valence electrons. The molecule has 0 spiro atoms. The highest BCUT2D eigenvalue weighted by molar-refractivity contribution is 7.20. The van der Waals surface area contributed by atoms with Gasteiger partial charge in [-0.05, 0) is 121 Å². The van der Waals surface area contributed by atoms with Crippen LogP contribution < -0.4 is 31.1 Å². The molecule has 6 aromatic carbocycles. The Bertz CT molecular complexity index is 3840. The average molecular weight is 1000 g/mol. The Kier molecular flexibility index (Phi) is 14.5. The van der Waals surface area contributed by atoms with Crippen LogP contribution in [0, 0.1) is 48.3 Å². The summed E-state index contributed by atoms with van der Waals surface area (Å²) in [5.41, 5.74) is 10.3. The molecule has 0 aliphatic heterocycles. The van der Waals surface area contributed by atoms with Gasteiger partial charge in [-0.2, -0.15) is 10.5 Å². The van der Waals surface area contributed by atoms with Gasteiger partial charge in [0.05, 0.1) is 44.3 Å². The van der Waals surface area contributed by atoms with Crippen molar-refractivity contribution in [2.75, 3.05) is 13.2 Å². The molecule has 12 heteroatoms. The Hall–Kier alpha value is -7.63. The number of aryl methyl sites for hydroxylation is 2. The molecule has 2 atom stereocenters. The average Bonchev–Trinajstić information content (AvgIpc) is 4.20. The van der Waals surface area contributed by atoms with Crippen molar-refractivity contribution in [1.82, 2.24) is 18.9 Å². The van der Waals surface area contributed by atoms with E-state index >= 15 is 0 Å². The van der Waals surface area contributed by atoms with Gasteiger partial charge in [0.1, 0.15) is 44.8 Å². The normalized spacial score (nSPS) is 13.1. The topological polar surface area (TPSA) is 102 Å². The first kappa shape index (κ1) is 49.9. The predicted octanol–water partition coefficient (Wildman–Crippen LogP) is 12.7. The van der Waals surface area contributed by atoms with E-state index in [4.69, 9.17) is 19.4 Å². The zero-order valence-corrected chi connectivity index (χ0v) is 44.9. The van der Waals surface area contributed by atoms with Gasteiger partial charge >= 0.3 is 6.85 Å². The van der Waals surface area contributed by atoms with E-state index in [-0.39, 0.29) is 6.85 Å². The summed E-state index contributed by atoms with van der Waals surface area (Å²) in [6, 6.07) is 55.9.